The lowest BCUT2D eigenvalue weighted by Gasteiger charge is -2.19. The number of hydrogen-bond acceptors (Lipinski definition) is 3. The first-order valence-electron chi connectivity index (χ1n) is 6.35. The topological polar surface area (TPSA) is 34.2 Å². The molecule has 0 aliphatic heterocycles. The zero-order valence-electron chi connectivity index (χ0n) is 12.0. The van der Waals surface area contributed by atoms with Crippen LogP contribution in [0.4, 0.5) is 5.69 Å². The molecule has 1 aromatic heterocycles. The predicted octanol–water partition coefficient (Wildman–Crippen LogP) is 4.37. The van der Waals surface area contributed by atoms with Gasteiger partial charge in [-0.25, -0.2) is 4.98 Å². The lowest BCUT2D eigenvalue weighted by atomic mass is 9.96. The Bertz CT molecular complexity index is 623. The molecular formula is C15H19ClN2O. The van der Waals surface area contributed by atoms with Crippen LogP contribution in [0.5, 0.6) is 5.75 Å². The van der Waals surface area contributed by atoms with E-state index in [-0.39, 0.29) is 0 Å². The van der Waals surface area contributed by atoms with Gasteiger partial charge in [0.2, 0.25) is 0 Å². The number of nitrogens with zero attached hydrogens (tertiary/aromatic N) is 1. The van der Waals surface area contributed by atoms with Crippen LogP contribution in [0, 0.1) is 6.92 Å². The van der Waals surface area contributed by atoms with Gasteiger partial charge in [0, 0.05) is 18.1 Å². The van der Waals surface area contributed by atoms with Crippen molar-refractivity contribution in [1.29, 1.82) is 0 Å². The fraction of sp³-hybridized carbons (Fsp3) is 0.400. The highest BCUT2D eigenvalue weighted by Gasteiger charge is 2.18. The van der Waals surface area contributed by atoms with E-state index in [0.29, 0.717) is 10.9 Å². The van der Waals surface area contributed by atoms with E-state index in [2.05, 4.69) is 24.1 Å². The van der Waals surface area contributed by atoms with Gasteiger partial charge in [0.05, 0.1) is 17.8 Å². The zero-order valence-corrected chi connectivity index (χ0v) is 12.7. The molecule has 2 aromatic rings. The Balaban J connectivity index is 2.97. The molecule has 102 valence electrons. The summed E-state index contributed by atoms with van der Waals surface area (Å²) in [4.78, 5) is 4.69. The second-order valence-electron chi connectivity index (χ2n) is 4.86. The number of pyridine rings is 1. The monoisotopic (exact) mass is 278 g/mol. The van der Waals surface area contributed by atoms with Gasteiger partial charge in [-0.1, -0.05) is 25.4 Å². The molecule has 0 atom stereocenters. The third-order valence-electron chi connectivity index (χ3n) is 3.33. The minimum atomic E-state index is 0.376. The van der Waals surface area contributed by atoms with E-state index in [1.165, 1.54) is 5.56 Å². The molecule has 0 saturated carbocycles. The van der Waals surface area contributed by atoms with Crippen LogP contribution in [0.25, 0.3) is 10.9 Å². The molecule has 1 N–H and O–H groups in total. The molecule has 0 spiro atoms. The van der Waals surface area contributed by atoms with Gasteiger partial charge in [-0.05, 0) is 30.5 Å². The Morgan fingerprint density at radius 1 is 1.32 bits per heavy atom. The maximum Gasteiger partial charge on any atom is 0.145 e. The first-order chi connectivity index (χ1) is 9.01. The molecule has 1 aromatic carbocycles. The average molecular weight is 279 g/mol. The van der Waals surface area contributed by atoms with E-state index in [0.717, 1.165) is 28.0 Å². The molecule has 0 fully saturated rings. The minimum Gasteiger partial charge on any atom is -0.494 e. The van der Waals surface area contributed by atoms with Gasteiger partial charge in [0.25, 0.3) is 0 Å². The number of ether oxygens (including phenoxy) is 1. The summed E-state index contributed by atoms with van der Waals surface area (Å²) in [6.07, 6.45) is 0. The Morgan fingerprint density at radius 3 is 2.53 bits per heavy atom. The fourth-order valence-electron chi connectivity index (χ4n) is 2.57. The molecule has 2 rings (SSSR count). The summed E-state index contributed by atoms with van der Waals surface area (Å²) in [5.41, 5.74) is 4.06. The molecule has 0 bridgehead atoms. The van der Waals surface area contributed by atoms with Crippen LogP contribution >= 0.6 is 11.6 Å². The van der Waals surface area contributed by atoms with E-state index in [4.69, 9.17) is 16.3 Å². The molecule has 0 radical (unpaired) electrons. The number of methoxy groups -OCH3 is 1. The van der Waals surface area contributed by atoms with E-state index in [1.807, 2.05) is 26.1 Å². The minimum absolute atomic E-state index is 0.376. The highest BCUT2D eigenvalue weighted by Crippen LogP contribution is 2.40. The number of benzene rings is 1. The number of hydrogen-bond donors (Lipinski definition) is 1. The van der Waals surface area contributed by atoms with Gasteiger partial charge in [-0.15, -0.1) is 0 Å². The molecule has 0 saturated heterocycles. The van der Waals surface area contributed by atoms with E-state index < -0.39 is 0 Å². The number of rotatable bonds is 3. The Hall–Kier alpha value is -1.48. The van der Waals surface area contributed by atoms with Gasteiger partial charge in [-0.3, -0.25) is 0 Å². The predicted molar refractivity (Wildman–Crippen MR) is 81.7 cm³/mol. The Labute approximate surface area is 118 Å². The second kappa shape index (κ2) is 5.25. The van der Waals surface area contributed by atoms with Crippen LogP contribution in [-0.2, 0) is 0 Å². The zero-order chi connectivity index (χ0) is 14.2. The third-order valence-corrected chi connectivity index (χ3v) is 3.64. The SMILES string of the molecule is CNc1c(C(C)C)c(C)nc2c(OC)ccc(Cl)c12. The number of halogens is 1. The summed E-state index contributed by atoms with van der Waals surface area (Å²) in [5, 5.41) is 4.89. The molecular weight excluding hydrogens is 260 g/mol. The standard InChI is InChI=1S/C15H19ClN2O/c1-8(2)12-9(3)18-14-11(19-5)7-6-10(16)13(14)15(12)17-4/h6-8H,1-5H3,(H,17,18). The average Bonchev–Trinajstić information content (AvgIpc) is 2.37. The van der Waals surface area contributed by atoms with Crippen LogP contribution in [0.3, 0.4) is 0 Å². The molecule has 0 amide bonds. The first-order valence-corrected chi connectivity index (χ1v) is 6.73. The largest absolute Gasteiger partial charge is 0.494 e. The number of anilines is 1. The number of aromatic nitrogens is 1. The lowest BCUT2D eigenvalue weighted by Crippen LogP contribution is -2.05. The smallest absolute Gasteiger partial charge is 0.145 e. The first kappa shape index (κ1) is 13.9. The summed E-state index contributed by atoms with van der Waals surface area (Å²) < 4.78 is 5.39. The number of fused-ring (bicyclic) bond motifs is 1. The van der Waals surface area contributed by atoms with Gasteiger partial charge in [-0.2, -0.15) is 0 Å². The van der Waals surface area contributed by atoms with E-state index >= 15 is 0 Å². The molecule has 0 aliphatic rings. The van der Waals surface area contributed by atoms with Gasteiger partial charge in [0.1, 0.15) is 11.3 Å². The molecule has 3 nitrogen and oxygen atoms in total. The summed E-state index contributed by atoms with van der Waals surface area (Å²) in [5.74, 6) is 1.12. The van der Waals surface area contributed by atoms with Crippen LogP contribution in [0.1, 0.15) is 31.0 Å². The highest BCUT2D eigenvalue weighted by molar-refractivity contribution is 6.36. The molecule has 4 heteroatoms. The third kappa shape index (κ3) is 2.23. The summed E-state index contributed by atoms with van der Waals surface area (Å²) in [6.45, 7) is 6.34. The van der Waals surface area contributed by atoms with Gasteiger partial charge < -0.3 is 10.1 Å². The normalized spacial score (nSPS) is 11.1. The van der Waals surface area contributed by atoms with Crippen molar-refractivity contribution in [3.63, 3.8) is 0 Å². The van der Waals surface area contributed by atoms with Crippen molar-refractivity contribution >= 4 is 28.2 Å². The van der Waals surface area contributed by atoms with Crippen LogP contribution in [0.2, 0.25) is 5.02 Å². The van der Waals surface area contributed by atoms with Crippen molar-refractivity contribution in [2.45, 2.75) is 26.7 Å². The van der Waals surface area contributed by atoms with Crippen molar-refractivity contribution in [1.82, 2.24) is 4.98 Å². The lowest BCUT2D eigenvalue weighted by molar-refractivity contribution is 0.419. The van der Waals surface area contributed by atoms with E-state index in [9.17, 15) is 0 Å². The fourth-order valence-corrected chi connectivity index (χ4v) is 2.82. The number of aryl methyl sites for hydroxylation is 1. The number of nitrogens with one attached hydrogen (secondary N) is 1. The maximum atomic E-state index is 6.36. The second-order valence-corrected chi connectivity index (χ2v) is 5.27. The van der Waals surface area contributed by atoms with Crippen molar-refractivity contribution in [3.05, 3.63) is 28.4 Å². The van der Waals surface area contributed by atoms with Crippen molar-refractivity contribution < 1.29 is 4.74 Å². The Kier molecular flexibility index (Phi) is 3.85. The Morgan fingerprint density at radius 2 is 2.00 bits per heavy atom. The van der Waals surface area contributed by atoms with Crippen LogP contribution in [0.15, 0.2) is 12.1 Å². The van der Waals surface area contributed by atoms with Crippen molar-refractivity contribution in [3.8, 4) is 5.75 Å². The molecule has 0 aliphatic carbocycles. The van der Waals surface area contributed by atoms with Crippen LogP contribution < -0.4 is 10.1 Å². The summed E-state index contributed by atoms with van der Waals surface area (Å²) in [6, 6.07) is 3.70. The van der Waals surface area contributed by atoms with E-state index in [1.54, 1.807) is 7.11 Å². The van der Waals surface area contributed by atoms with Crippen molar-refractivity contribution in [2.75, 3.05) is 19.5 Å². The van der Waals surface area contributed by atoms with Gasteiger partial charge >= 0.3 is 0 Å². The summed E-state index contributed by atoms with van der Waals surface area (Å²) in [7, 11) is 3.56. The van der Waals surface area contributed by atoms with Gasteiger partial charge in [0.15, 0.2) is 0 Å². The van der Waals surface area contributed by atoms with Crippen molar-refractivity contribution in [2.24, 2.45) is 0 Å². The molecule has 1 heterocycles. The maximum absolute atomic E-state index is 6.36. The molecule has 19 heavy (non-hydrogen) atoms. The quantitative estimate of drug-likeness (QED) is 0.905. The highest BCUT2D eigenvalue weighted by atomic mass is 35.5. The molecule has 0 unspecified atom stereocenters. The van der Waals surface area contributed by atoms with Crippen LogP contribution in [-0.4, -0.2) is 19.1 Å². The summed E-state index contributed by atoms with van der Waals surface area (Å²) >= 11 is 6.36.